The van der Waals surface area contributed by atoms with Crippen LogP contribution in [0.15, 0.2) is 0 Å². The van der Waals surface area contributed by atoms with Gasteiger partial charge < -0.3 is 15.2 Å². The van der Waals surface area contributed by atoms with Crippen LogP contribution in [0.5, 0.6) is 0 Å². The van der Waals surface area contributed by atoms with Crippen LogP contribution in [0.25, 0.3) is 0 Å². The molecule has 78 valence electrons. The van der Waals surface area contributed by atoms with Crippen LogP contribution in [0.2, 0.25) is 0 Å². The molecule has 0 aliphatic carbocycles. The first-order valence-electron chi connectivity index (χ1n) is 5.10. The molecule has 0 unspecified atom stereocenters. The SMILES string of the molecule is CC(C)(CCO)NC1CCOCC1. The van der Waals surface area contributed by atoms with Gasteiger partial charge >= 0.3 is 0 Å². The van der Waals surface area contributed by atoms with E-state index in [1.54, 1.807) is 0 Å². The molecule has 1 fully saturated rings. The van der Waals surface area contributed by atoms with Gasteiger partial charge in [0, 0.05) is 31.4 Å². The first kappa shape index (κ1) is 11.0. The van der Waals surface area contributed by atoms with Gasteiger partial charge in [-0.1, -0.05) is 0 Å². The predicted octanol–water partition coefficient (Wildman–Crippen LogP) is 0.916. The zero-order valence-electron chi connectivity index (χ0n) is 8.68. The van der Waals surface area contributed by atoms with Crippen LogP contribution in [-0.2, 0) is 4.74 Å². The summed E-state index contributed by atoms with van der Waals surface area (Å²) in [5.74, 6) is 0. The van der Waals surface area contributed by atoms with Gasteiger partial charge in [-0.3, -0.25) is 0 Å². The zero-order chi connectivity index (χ0) is 9.73. The number of aliphatic hydroxyl groups is 1. The molecule has 0 aromatic rings. The minimum Gasteiger partial charge on any atom is -0.396 e. The molecule has 13 heavy (non-hydrogen) atoms. The van der Waals surface area contributed by atoms with Gasteiger partial charge in [0.2, 0.25) is 0 Å². The fourth-order valence-electron chi connectivity index (χ4n) is 1.75. The summed E-state index contributed by atoms with van der Waals surface area (Å²) in [7, 11) is 0. The zero-order valence-corrected chi connectivity index (χ0v) is 8.68. The second-order valence-corrected chi connectivity index (χ2v) is 4.39. The summed E-state index contributed by atoms with van der Waals surface area (Å²) in [6, 6.07) is 0.565. The number of nitrogens with one attached hydrogen (secondary N) is 1. The molecule has 3 nitrogen and oxygen atoms in total. The molecule has 1 aliphatic heterocycles. The molecule has 1 aliphatic rings. The van der Waals surface area contributed by atoms with E-state index < -0.39 is 0 Å². The van der Waals surface area contributed by atoms with Crippen molar-refractivity contribution in [1.82, 2.24) is 5.32 Å². The van der Waals surface area contributed by atoms with E-state index in [1.165, 1.54) is 0 Å². The summed E-state index contributed by atoms with van der Waals surface area (Å²) in [4.78, 5) is 0. The van der Waals surface area contributed by atoms with Crippen molar-refractivity contribution in [2.24, 2.45) is 0 Å². The Kier molecular flexibility index (Phi) is 4.16. The number of aliphatic hydroxyl groups excluding tert-OH is 1. The maximum Gasteiger partial charge on any atom is 0.0480 e. The van der Waals surface area contributed by atoms with E-state index in [9.17, 15) is 0 Å². The molecule has 0 saturated carbocycles. The third kappa shape index (κ3) is 4.07. The molecule has 0 amide bonds. The van der Waals surface area contributed by atoms with Gasteiger partial charge in [0.1, 0.15) is 0 Å². The molecule has 0 spiro atoms. The van der Waals surface area contributed by atoms with Crippen LogP contribution < -0.4 is 5.32 Å². The highest BCUT2D eigenvalue weighted by atomic mass is 16.5. The molecule has 0 bridgehead atoms. The fourth-order valence-corrected chi connectivity index (χ4v) is 1.75. The van der Waals surface area contributed by atoms with Crippen molar-refractivity contribution < 1.29 is 9.84 Å². The first-order chi connectivity index (χ1) is 6.14. The lowest BCUT2D eigenvalue weighted by Crippen LogP contribution is -2.48. The van der Waals surface area contributed by atoms with Crippen LogP contribution in [0, 0.1) is 0 Å². The van der Waals surface area contributed by atoms with Crippen LogP contribution in [0.3, 0.4) is 0 Å². The minimum absolute atomic E-state index is 0.0523. The average Bonchev–Trinajstić information content (AvgIpc) is 2.04. The molecule has 0 aromatic carbocycles. The summed E-state index contributed by atoms with van der Waals surface area (Å²) < 4.78 is 5.28. The lowest BCUT2D eigenvalue weighted by Gasteiger charge is -2.33. The van der Waals surface area contributed by atoms with E-state index in [1.807, 2.05) is 0 Å². The minimum atomic E-state index is 0.0523. The maximum absolute atomic E-state index is 8.87. The van der Waals surface area contributed by atoms with Gasteiger partial charge in [0.15, 0.2) is 0 Å². The van der Waals surface area contributed by atoms with Crippen LogP contribution in [-0.4, -0.2) is 36.5 Å². The third-order valence-corrected chi connectivity index (χ3v) is 2.55. The van der Waals surface area contributed by atoms with E-state index in [0.717, 1.165) is 32.5 Å². The van der Waals surface area contributed by atoms with E-state index >= 15 is 0 Å². The summed E-state index contributed by atoms with van der Waals surface area (Å²) in [6.07, 6.45) is 2.99. The van der Waals surface area contributed by atoms with Crippen LogP contribution >= 0.6 is 0 Å². The number of ether oxygens (including phenoxy) is 1. The van der Waals surface area contributed by atoms with Crippen molar-refractivity contribution in [3.05, 3.63) is 0 Å². The Morgan fingerprint density at radius 1 is 1.38 bits per heavy atom. The van der Waals surface area contributed by atoms with E-state index in [-0.39, 0.29) is 12.1 Å². The lowest BCUT2D eigenvalue weighted by molar-refractivity contribution is 0.0678. The molecule has 1 rings (SSSR count). The molecule has 1 saturated heterocycles. The Balaban J connectivity index is 2.28. The second-order valence-electron chi connectivity index (χ2n) is 4.39. The molecule has 0 atom stereocenters. The van der Waals surface area contributed by atoms with Crippen LogP contribution in [0.4, 0.5) is 0 Å². The molecule has 2 N–H and O–H groups in total. The Bertz CT molecular complexity index is 142. The number of rotatable bonds is 4. The summed E-state index contributed by atoms with van der Waals surface area (Å²) in [5, 5.41) is 12.4. The smallest absolute Gasteiger partial charge is 0.0480 e. The van der Waals surface area contributed by atoms with Crippen molar-refractivity contribution >= 4 is 0 Å². The van der Waals surface area contributed by atoms with Gasteiger partial charge in [-0.2, -0.15) is 0 Å². The summed E-state index contributed by atoms with van der Waals surface area (Å²) in [5.41, 5.74) is 0.0523. The van der Waals surface area contributed by atoms with E-state index in [4.69, 9.17) is 9.84 Å². The normalized spacial score (nSPS) is 20.5. The Morgan fingerprint density at radius 2 is 2.00 bits per heavy atom. The molecule has 3 heteroatoms. The van der Waals surface area contributed by atoms with Crippen LogP contribution in [0.1, 0.15) is 33.1 Å². The molecular weight excluding hydrogens is 166 g/mol. The van der Waals surface area contributed by atoms with Crippen molar-refractivity contribution in [2.45, 2.75) is 44.7 Å². The Hall–Kier alpha value is -0.120. The average molecular weight is 187 g/mol. The van der Waals surface area contributed by atoms with Gasteiger partial charge in [0.25, 0.3) is 0 Å². The number of hydrogen-bond acceptors (Lipinski definition) is 3. The molecule has 0 radical (unpaired) electrons. The standard InChI is InChI=1S/C10H21NO2/c1-10(2,5-6-12)11-9-3-7-13-8-4-9/h9,11-12H,3-8H2,1-2H3. The van der Waals surface area contributed by atoms with Gasteiger partial charge in [-0.05, 0) is 33.1 Å². The van der Waals surface area contributed by atoms with Gasteiger partial charge in [-0.25, -0.2) is 0 Å². The summed E-state index contributed by atoms with van der Waals surface area (Å²) >= 11 is 0. The predicted molar refractivity (Wildman–Crippen MR) is 52.8 cm³/mol. The second kappa shape index (κ2) is 4.94. The van der Waals surface area contributed by atoms with E-state index in [2.05, 4.69) is 19.2 Å². The molecular formula is C10H21NO2. The third-order valence-electron chi connectivity index (χ3n) is 2.55. The Labute approximate surface area is 80.5 Å². The van der Waals surface area contributed by atoms with Crippen molar-refractivity contribution in [2.75, 3.05) is 19.8 Å². The monoisotopic (exact) mass is 187 g/mol. The van der Waals surface area contributed by atoms with E-state index in [0.29, 0.717) is 6.04 Å². The fraction of sp³-hybridized carbons (Fsp3) is 1.00. The molecule has 0 aromatic heterocycles. The lowest BCUT2D eigenvalue weighted by atomic mass is 9.97. The van der Waals surface area contributed by atoms with Crippen molar-refractivity contribution in [3.63, 3.8) is 0 Å². The quantitative estimate of drug-likeness (QED) is 0.687. The van der Waals surface area contributed by atoms with Crippen molar-refractivity contribution in [1.29, 1.82) is 0 Å². The van der Waals surface area contributed by atoms with Crippen molar-refractivity contribution in [3.8, 4) is 0 Å². The number of hydrogen-bond donors (Lipinski definition) is 2. The van der Waals surface area contributed by atoms with Gasteiger partial charge in [0.05, 0.1) is 0 Å². The maximum atomic E-state index is 8.87. The highest BCUT2D eigenvalue weighted by molar-refractivity contribution is 4.83. The molecule has 1 heterocycles. The topological polar surface area (TPSA) is 41.5 Å². The highest BCUT2D eigenvalue weighted by Gasteiger charge is 2.22. The first-order valence-corrected chi connectivity index (χ1v) is 5.10. The summed E-state index contributed by atoms with van der Waals surface area (Å²) in [6.45, 7) is 6.26. The Morgan fingerprint density at radius 3 is 2.54 bits per heavy atom. The largest absolute Gasteiger partial charge is 0.396 e. The highest BCUT2D eigenvalue weighted by Crippen LogP contribution is 2.14. The van der Waals surface area contributed by atoms with Gasteiger partial charge in [-0.15, -0.1) is 0 Å².